The maximum atomic E-state index is 6.06. The minimum atomic E-state index is 0.717. The Morgan fingerprint density at radius 1 is 1.39 bits per heavy atom. The van der Waals surface area contributed by atoms with Crippen molar-refractivity contribution in [3.63, 3.8) is 0 Å². The number of anilines is 2. The molecule has 0 saturated carbocycles. The van der Waals surface area contributed by atoms with Gasteiger partial charge in [0, 0.05) is 18.1 Å². The fourth-order valence-corrected chi connectivity index (χ4v) is 2.31. The highest BCUT2D eigenvalue weighted by molar-refractivity contribution is 9.10. The average Bonchev–Trinajstić information content (AvgIpc) is 2.64. The number of nitrogens with one attached hydrogen (secondary N) is 1. The van der Waals surface area contributed by atoms with Crippen molar-refractivity contribution in [3.8, 4) is 0 Å². The van der Waals surface area contributed by atoms with E-state index in [1.54, 1.807) is 4.68 Å². The summed E-state index contributed by atoms with van der Waals surface area (Å²) in [7, 11) is 1.90. The molecule has 2 aromatic rings. The maximum absolute atomic E-state index is 6.06. The normalized spacial score (nSPS) is 10.6. The maximum Gasteiger partial charge on any atom is 0.148 e. The van der Waals surface area contributed by atoms with E-state index in [4.69, 9.17) is 5.73 Å². The lowest BCUT2D eigenvalue weighted by molar-refractivity contribution is 0.747. The summed E-state index contributed by atoms with van der Waals surface area (Å²) in [6.07, 6.45) is 0.844. The molecule has 18 heavy (non-hydrogen) atoms. The number of rotatable bonds is 4. The molecule has 5 heteroatoms. The number of hydrogen-bond donors (Lipinski definition) is 2. The zero-order valence-electron chi connectivity index (χ0n) is 10.6. The van der Waals surface area contributed by atoms with Gasteiger partial charge in [0.15, 0.2) is 0 Å². The Morgan fingerprint density at radius 2 is 2.11 bits per heavy atom. The molecule has 0 unspecified atom stereocenters. The Hall–Kier alpha value is -1.49. The van der Waals surface area contributed by atoms with E-state index in [0.29, 0.717) is 6.54 Å². The summed E-state index contributed by atoms with van der Waals surface area (Å²) < 4.78 is 2.89. The monoisotopic (exact) mass is 308 g/mol. The van der Waals surface area contributed by atoms with Gasteiger partial charge in [0.1, 0.15) is 5.82 Å². The minimum Gasteiger partial charge on any atom is -0.394 e. The first-order valence-electron chi connectivity index (χ1n) is 5.92. The van der Waals surface area contributed by atoms with Crippen LogP contribution in [0.4, 0.5) is 11.5 Å². The summed E-state index contributed by atoms with van der Waals surface area (Å²) in [4.78, 5) is 0. The van der Waals surface area contributed by atoms with Gasteiger partial charge in [-0.1, -0.05) is 41.1 Å². The highest BCUT2D eigenvalue weighted by atomic mass is 79.9. The second-order valence-corrected chi connectivity index (χ2v) is 4.99. The van der Waals surface area contributed by atoms with Gasteiger partial charge in [-0.2, -0.15) is 5.10 Å². The predicted octanol–water partition coefficient (Wildman–Crippen LogP) is 2.94. The van der Waals surface area contributed by atoms with Crippen LogP contribution < -0.4 is 11.1 Å². The molecule has 1 aromatic heterocycles. The summed E-state index contributed by atoms with van der Waals surface area (Å²) in [5.74, 6) is 0.877. The van der Waals surface area contributed by atoms with E-state index < -0.39 is 0 Å². The number of hydrogen-bond acceptors (Lipinski definition) is 3. The van der Waals surface area contributed by atoms with E-state index in [-0.39, 0.29) is 0 Å². The van der Waals surface area contributed by atoms with E-state index in [1.165, 1.54) is 5.56 Å². The summed E-state index contributed by atoms with van der Waals surface area (Å²) >= 11 is 3.53. The van der Waals surface area contributed by atoms with Gasteiger partial charge in [-0.15, -0.1) is 0 Å². The number of benzene rings is 1. The van der Waals surface area contributed by atoms with E-state index in [0.717, 1.165) is 28.1 Å². The number of aromatic nitrogens is 2. The Kier molecular flexibility index (Phi) is 3.91. The lowest BCUT2D eigenvalue weighted by atomic mass is 10.2. The van der Waals surface area contributed by atoms with E-state index in [9.17, 15) is 0 Å². The smallest absolute Gasteiger partial charge is 0.148 e. The first-order valence-corrected chi connectivity index (χ1v) is 6.71. The van der Waals surface area contributed by atoms with Crippen LogP contribution in [0, 0.1) is 0 Å². The standard InChI is InChI=1S/C13H17BrN4/c1-3-11-12(15)13(18(2)17-11)16-8-9-6-4-5-7-10(9)14/h4-7,16H,3,8,15H2,1-2H3. The fraction of sp³-hybridized carbons (Fsp3) is 0.308. The second-order valence-electron chi connectivity index (χ2n) is 4.13. The molecule has 0 fully saturated rings. The minimum absolute atomic E-state index is 0.717. The van der Waals surface area contributed by atoms with Crippen LogP contribution in [-0.2, 0) is 20.0 Å². The van der Waals surface area contributed by atoms with Gasteiger partial charge >= 0.3 is 0 Å². The van der Waals surface area contributed by atoms with E-state index in [2.05, 4.69) is 39.3 Å². The molecule has 0 radical (unpaired) electrons. The number of nitrogens with two attached hydrogens (primary N) is 1. The van der Waals surface area contributed by atoms with Gasteiger partial charge in [0.25, 0.3) is 0 Å². The van der Waals surface area contributed by atoms with E-state index in [1.807, 2.05) is 25.2 Å². The lowest BCUT2D eigenvalue weighted by Gasteiger charge is -2.09. The van der Waals surface area contributed by atoms with Crippen LogP contribution in [-0.4, -0.2) is 9.78 Å². The number of nitrogens with zero attached hydrogens (tertiary/aromatic N) is 2. The Morgan fingerprint density at radius 3 is 2.72 bits per heavy atom. The van der Waals surface area contributed by atoms with Gasteiger partial charge in [-0.25, -0.2) is 0 Å². The summed E-state index contributed by atoms with van der Waals surface area (Å²) in [6.45, 7) is 2.77. The molecule has 0 atom stereocenters. The third-order valence-electron chi connectivity index (χ3n) is 2.90. The van der Waals surface area contributed by atoms with Gasteiger partial charge in [-0.3, -0.25) is 4.68 Å². The zero-order chi connectivity index (χ0) is 13.1. The number of halogens is 1. The summed E-state index contributed by atoms with van der Waals surface area (Å²) in [6, 6.07) is 8.12. The number of nitrogen functional groups attached to an aromatic ring is 1. The van der Waals surface area contributed by atoms with Crippen molar-refractivity contribution < 1.29 is 0 Å². The van der Waals surface area contributed by atoms with Crippen molar-refractivity contribution >= 4 is 27.4 Å². The van der Waals surface area contributed by atoms with Gasteiger partial charge in [0.2, 0.25) is 0 Å². The van der Waals surface area contributed by atoms with Crippen molar-refractivity contribution in [1.29, 1.82) is 0 Å². The molecular formula is C13H17BrN4. The predicted molar refractivity (Wildman–Crippen MR) is 78.5 cm³/mol. The second kappa shape index (κ2) is 5.44. The highest BCUT2D eigenvalue weighted by Gasteiger charge is 2.11. The van der Waals surface area contributed by atoms with Gasteiger partial charge < -0.3 is 11.1 Å². The van der Waals surface area contributed by atoms with Crippen LogP contribution in [0.2, 0.25) is 0 Å². The molecule has 1 heterocycles. The largest absolute Gasteiger partial charge is 0.394 e. The van der Waals surface area contributed by atoms with Crippen LogP contribution in [0.25, 0.3) is 0 Å². The van der Waals surface area contributed by atoms with Crippen molar-refractivity contribution in [3.05, 3.63) is 40.0 Å². The van der Waals surface area contributed by atoms with Crippen LogP contribution in [0.15, 0.2) is 28.7 Å². The quantitative estimate of drug-likeness (QED) is 0.913. The zero-order valence-corrected chi connectivity index (χ0v) is 12.2. The van der Waals surface area contributed by atoms with Crippen molar-refractivity contribution in [2.45, 2.75) is 19.9 Å². The molecule has 0 aliphatic rings. The highest BCUT2D eigenvalue weighted by Crippen LogP contribution is 2.24. The molecule has 3 N–H and O–H groups in total. The Labute approximate surface area is 115 Å². The molecule has 1 aromatic carbocycles. The molecular weight excluding hydrogens is 292 g/mol. The molecule has 0 spiro atoms. The third kappa shape index (κ3) is 2.51. The molecule has 0 aliphatic heterocycles. The molecule has 2 rings (SSSR count). The molecule has 0 amide bonds. The lowest BCUT2D eigenvalue weighted by Crippen LogP contribution is -2.06. The SMILES string of the molecule is CCc1nn(C)c(NCc2ccccc2Br)c1N. The van der Waals surface area contributed by atoms with Crippen LogP contribution in [0.1, 0.15) is 18.2 Å². The molecule has 96 valence electrons. The van der Waals surface area contributed by atoms with E-state index >= 15 is 0 Å². The summed E-state index contributed by atoms with van der Waals surface area (Å²) in [5, 5.41) is 7.72. The molecule has 0 saturated heterocycles. The molecule has 0 bridgehead atoms. The topological polar surface area (TPSA) is 55.9 Å². The Balaban J connectivity index is 2.16. The Bertz CT molecular complexity index is 548. The third-order valence-corrected chi connectivity index (χ3v) is 3.67. The van der Waals surface area contributed by atoms with Crippen molar-refractivity contribution in [2.75, 3.05) is 11.1 Å². The van der Waals surface area contributed by atoms with Crippen molar-refractivity contribution in [1.82, 2.24) is 9.78 Å². The molecule has 0 aliphatic carbocycles. The fourth-order valence-electron chi connectivity index (χ4n) is 1.89. The van der Waals surface area contributed by atoms with Crippen LogP contribution >= 0.6 is 15.9 Å². The first kappa shape index (κ1) is 13.0. The van der Waals surface area contributed by atoms with Crippen molar-refractivity contribution in [2.24, 2.45) is 7.05 Å². The van der Waals surface area contributed by atoms with Crippen LogP contribution in [0.5, 0.6) is 0 Å². The number of aryl methyl sites for hydroxylation is 2. The first-order chi connectivity index (χ1) is 8.63. The van der Waals surface area contributed by atoms with Gasteiger partial charge in [-0.05, 0) is 18.1 Å². The molecule has 4 nitrogen and oxygen atoms in total. The van der Waals surface area contributed by atoms with Crippen LogP contribution in [0.3, 0.4) is 0 Å². The summed E-state index contributed by atoms with van der Waals surface area (Å²) in [5.41, 5.74) is 8.93. The van der Waals surface area contributed by atoms with Gasteiger partial charge in [0.05, 0.1) is 11.4 Å². The average molecular weight is 309 g/mol.